The van der Waals surface area contributed by atoms with Gasteiger partial charge >= 0.3 is 0 Å². The van der Waals surface area contributed by atoms with Gasteiger partial charge in [-0.3, -0.25) is 20.4 Å². The summed E-state index contributed by atoms with van der Waals surface area (Å²) < 4.78 is 41.2. The zero-order valence-electron chi connectivity index (χ0n) is 12.5. The Kier molecular flexibility index (Phi) is 5.19. The van der Waals surface area contributed by atoms with E-state index in [1.54, 1.807) is 0 Å². The van der Waals surface area contributed by atoms with E-state index in [0.29, 0.717) is 6.42 Å². The quantitative estimate of drug-likeness (QED) is 0.771. The van der Waals surface area contributed by atoms with Gasteiger partial charge in [0.25, 0.3) is 5.91 Å². The minimum Gasteiger partial charge on any atom is -0.497 e. The number of hydrogen-bond donors (Lipinski definition) is 2. The number of rotatable bonds is 4. The first-order valence-electron chi connectivity index (χ1n) is 6.94. The van der Waals surface area contributed by atoms with Gasteiger partial charge in [-0.05, 0) is 24.5 Å². The van der Waals surface area contributed by atoms with Crippen LogP contribution in [-0.4, -0.2) is 38.8 Å². The maximum absolute atomic E-state index is 13.7. The van der Waals surface area contributed by atoms with Crippen molar-refractivity contribution >= 4 is 21.7 Å². The Morgan fingerprint density at radius 1 is 1.35 bits per heavy atom. The Morgan fingerprint density at radius 2 is 2.09 bits per heavy atom. The van der Waals surface area contributed by atoms with Gasteiger partial charge in [0.2, 0.25) is 5.91 Å². The molecule has 2 N–H and O–H groups in total. The maximum Gasteiger partial charge on any atom is 0.272 e. The highest BCUT2D eigenvalue weighted by Crippen LogP contribution is 2.21. The lowest BCUT2D eigenvalue weighted by molar-refractivity contribution is -0.122. The molecular formula is C14H17FN2O5S. The number of hydrogen-bond acceptors (Lipinski definition) is 5. The van der Waals surface area contributed by atoms with E-state index in [1.165, 1.54) is 19.2 Å². The Morgan fingerprint density at radius 3 is 2.65 bits per heavy atom. The first-order chi connectivity index (χ1) is 10.8. The Bertz CT molecular complexity index is 720. The van der Waals surface area contributed by atoms with Crippen molar-refractivity contribution in [1.82, 2.24) is 10.9 Å². The molecule has 2 rings (SSSR count). The summed E-state index contributed by atoms with van der Waals surface area (Å²) in [4.78, 5) is 23.5. The molecule has 0 aromatic heterocycles. The molecule has 1 saturated heterocycles. The van der Waals surface area contributed by atoms with Crippen LogP contribution in [0.1, 0.15) is 23.2 Å². The van der Waals surface area contributed by atoms with E-state index < -0.39 is 27.5 Å². The monoisotopic (exact) mass is 344 g/mol. The van der Waals surface area contributed by atoms with Gasteiger partial charge in [0, 0.05) is 12.5 Å². The number of hydrazine groups is 1. The van der Waals surface area contributed by atoms with Crippen molar-refractivity contribution in [1.29, 1.82) is 0 Å². The van der Waals surface area contributed by atoms with Crippen LogP contribution in [0.3, 0.4) is 0 Å². The summed E-state index contributed by atoms with van der Waals surface area (Å²) in [5.41, 5.74) is 4.02. The fourth-order valence-corrected chi connectivity index (χ4v) is 4.21. The molecule has 126 valence electrons. The maximum atomic E-state index is 13.7. The fourth-order valence-electron chi connectivity index (χ4n) is 2.35. The van der Waals surface area contributed by atoms with Gasteiger partial charge in [-0.2, -0.15) is 0 Å². The van der Waals surface area contributed by atoms with Crippen molar-refractivity contribution in [2.75, 3.05) is 18.6 Å². The van der Waals surface area contributed by atoms with Crippen LogP contribution in [0.4, 0.5) is 4.39 Å². The highest BCUT2D eigenvalue weighted by molar-refractivity contribution is 7.91. The second kappa shape index (κ2) is 6.95. The highest BCUT2D eigenvalue weighted by Gasteiger charge is 2.29. The molecule has 1 aliphatic heterocycles. The van der Waals surface area contributed by atoms with Crippen molar-refractivity contribution in [3.8, 4) is 5.75 Å². The predicted octanol–water partition coefficient (Wildman–Crippen LogP) is 0.420. The number of amides is 2. The lowest BCUT2D eigenvalue weighted by atomic mass is 10.1. The normalized spacial score (nSPS) is 19.1. The number of nitrogens with one attached hydrogen (secondary N) is 2. The molecule has 1 aromatic rings. The number of carbonyl (C=O) groups is 2. The van der Waals surface area contributed by atoms with Crippen molar-refractivity contribution in [3.63, 3.8) is 0 Å². The molecule has 0 radical (unpaired) electrons. The van der Waals surface area contributed by atoms with Crippen LogP contribution in [0.25, 0.3) is 0 Å². The Hall–Kier alpha value is -2.16. The van der Waals surface area contributed by atoms with Crippen molar-refractivity contribution < 1.29 is 27.1 Å². The summed E-state index contributed by atoms with van der Waals surface area (Å²) in [6.07, 6.45) is 0.418. The van der Waals surface area contributed by atoms with Crippen LogP contribution >= 0.6 is 0 Å². The number of benzene rings is 1. The molecule has 0 spiro atoms. The minimum absolute atomic E-state index is 0.00932. The molecule has 1 aromatic carbocycles. The fraction of sp³-hybridized carbons (Fsp3) is 0.429. The molecule has 0 bridgehead atoms. The molecule has 1 atom stereocenters. The van der Waals surface area contributed by atoms with E-state index >= 15 is 0 Å². The Labute approximate surface area is 133 Å². The summed E-state index contributed by atoms with van der Waals surface area (Å²) in [5, 5.41) is 0. The van der Waals surface area contributed by atoms with Gasteiger partial charge in [-0.1, -0.05) is 0 Å². The molecule has 0 aliphatic carbocycles. The van der Waals surface area contributed by atoms with Crippen molar-refractivity contribution in [2.24, 2.45) is 5.92 Å². The van der Waals surface area contributed by atoms with E-state index in [2.05, 4.69) is 10.9 Å². The topological polar surface area (TPSA) is 102 Å². The van der Waals surface area contributed by atoms with Gasteiger partial charge in [-0.25, -0.2) is 12.8 Å². The first-order valence-corrected chi connectivity index (χ1v) is 8.76. The average molecular weight is 344 g/mol. The number of methoxy groups -OCH3 is 1. The number of carbonyl (C=O) groups excluding carboxylic acids is 2. The van der Waals surface area contributed by atoms with Gasteiger partial charge in [0.05, 0.1) is 24.2 Å². The summed E-state index contributed by atoms with van der Waals surface area (Å²) in [6.45, 7) is 0. The molecule has 1 fully saturated rings. The molecule has 7 nitrogen and oxygen atoms in total. The number of sulfone groups is 1. The van der Waals surface area contributed by atoms with Gasteiger partial charge in [0.1, 0.15) is 11.6 Å². The minimum atomic E-state index is -3.06. The zero-order chi connectivity index (χ0) is 17.0. The molecule has 9 heteroatoms. The van der Waals surface area contributed by atoms with E-state index in [4.69, 9.17) is 4.74 Å². The number of halogens is 1. The van der Waals surface area contributed by atoms with Crippen LogP contribution < -0.4 is 15.6 Å². The second-order valence-electron chi connectivity index (χ2n) is 5.32. The third-order valence-electron chi connectivity index (χ3n) is 3.54. The second-order valence-corrected chi connectivity index (χ2v) is 7.55. The molecule has 1 heterocycles. The van der Waals surface area contributed by atoms with Gasteiger partial charge < -0.3 is 4.74 Å². The smallest absolute Gasteiger partial charge is 0.272 e. The van der Waals surface area contributed by atoms with Crippen LogP contribution in [0.5, 0.6) is 5.75 Å². The molecule has 0 saturated carbocycles. The molecule has 23 heavy (non-hydrogen) atoms. The van der Waals surface area contributed by atoms with Gasteiger partial charge in [0.15, 0.2) is 9.84 Å². The summed E-state index contributed by atoms with van der Waals surface area (Å²) in [7, 11) is -1.68. The molecule has 1 aliphatic rings. The number of ether oxygens (including phenoxy) is 1. The molecular weight excluding hydrogens is 327 g/mol. The zero-order valence-corrected chi connectivity index (χ0v) is 13.3. The largest absolute Gasteiger partial charge is 0.497 e. The summed E-state index contributed by atoms with van der Waals surface area (Å²) >= 11 is 0. The van der Waals surface area contributed by atoms with Crippen molar-refractivity contribution in [3.05, 3.63) is 29.6 Å². The first kappa shape index (κ1) is 17.2. The highest BCUT2D eigenvalue weighted by atomic mass is 32.2. The van der Waals surface area contributed by atoms with Gasteiger partial charge in [-0.15, -0.1) is 0 Å². The molecule has 0 unspecified atom stereocenters. The third-order valence-corrected chi connectivity index (χ3v) is 5.37. The van der Waals surface area contributed by atoms with E-state index in [1.807, 2.05) is 0 Å². The predicted molar refractivity (Wildman–Crippen MR) is 79.9 cm³/mol. The summed E-state index contributed by atoms with van der Waals surface area (Å²) in [5.74, 6) is -2.04. The summed E-state index contributed by atoms with van der Waals surface area (Å²) in [6, 6.07) is 3.71. The van der Waals surface area contributed by atoms with E-state index in [-0.39, 0.29) is 35.2 Å². The van der Waals surface area contributed by atoms with Crippen LogP contribution in [0.15, 0.2) is 18.2 Å². The SMILES string of the molecule is COc1ccc(C(=O)NNC(=O)C[C@@H]2CCS(=O)(=O)C2)c(F)c1. The standard InChI is InChI=1S/C14H17FN2O5S/c1-22-10-2-3-11(12(15)7-10)14(19)17-16-13(18)6-9-4-5-23(20,21)8-9/h2-3,7,9H,4-6,8H2,1H3,(H,16,18)(H,17,19)/t9-/m0/s1. The van der Waals surface area contributed by atoms with Crippen molar-refractivity contribution in [2.45, 2.75) is 12.8 Å². The van der Waals surface area contributed by atoms with Crippen LogP contribution in [0.2, 0.25) is 0 Å². The lowest BCUT2D eigenvalue weighted by Crippen LogP contribution is -2.42. The third kappa shape index (κ3) is 4.65. The Balaban J connectivity index is 1.85. The van der Waals surface area contributed by atoms with E-state index in [0.717, 1.165) is 6.07 Å². The molecule has 2 amide bonds. The lowest BCUT2D eigenvalue weighted by Gasteiger charge is -2.10. The van der Waals surface area contributed by atoms with E-state index in [9.17, 15) is 22.4 Å². The van der Waals surface area contributed by atoms with Crippen LogP contribution in [0, 0.1) is 11.7 Å². The average Bonchev–Trinajstić information content (AvgIpc) is 2.83. The van der Waals surface area contributed by atoms with Crippen LogP contribution in [-0.2, 0) is 14.6 Å².